The molecule has 8 nitrogen and oxygen atoms in total. The van der Waals surface area contributed by atoms with Crippen molar-refractivity contribution < 1.29 is 29.3 Å². The van der Waals surface area contributed by atoms with Crippen LogP contribution in [0.25, 0.3) is 0 Å². The molecule has 5 N–H and O–H groups in total. The predicted octanol–water partition coefficient (Wildman–Crippen LogP) is 0.907. The summed E-state index contributed by atoms with van der Waals surface area (Å²) in [7, 11) is 0. The van der Waals surface area contributed by atoms with E-state index in [1.807, 2.05) is 5.32 Å². The standard InChI is InChI=1S/C16H30N2O6/c1-2-3-4-5-6-7-8-9-10-12(15(21)22)24-16(23)14(20)18-13(19)11-17/h12,14,20H,2-11,17H2,1H3,(H,18,19)(H,21,22). The van der Waals surface area contributed by atoms with Gasteiger partial charge >= 0.3 is 11.9 Å². The molecule has 140 valence electrons. The fourth-order valence-electron chi connectivity index (χ4n) is 2.17. The summed E-state index contributed by atoms with van der Waals surface area (Å²) in [5.41, 5.74) is 5.03. The maximum Gasteiger partial charge on any atom is 0.357 e. The molecule has 0 aromatic heterocycles. The number of ether oxygens (including phenoxy) is 1. The Morgan fingerprint density at radius 3 is 2.08 bits per heavy atom. The van der Waals surface area contributed by atoms with Crippen LogP contribution in [0.15, 0.2) is 0 Å². The fourth-order valence-corrected chi connectivity index (χ4v) is 2.17. The van der Waals surface area contributed by atoms with E-state index in [1.54, 1.807) is 0 Å². The van der Waals surface area contributed by atoms with Gasteiger partial charge in [0.15, 0.2) is 6.10 Å². The summed E-state index contributed by atoms with van der Waals surface area (Å²) in [6.07, 6.45) is 5.36. The number of carboxylic acid groups (broad SMARTS) is 1. The van der Waals surface area contributed by atoms with E-state index in [9.17, 15) is 19.5 Å². The van der Waals surface area contributed by atoms with Crippen molar-refractivity contribution in [2.45, 2.75) is 77.0 Å². The van der Waals surface area contributed by atoms with E-state index >= 15 is 0 Å². The van der Waals surface area contributed by atoms with Crippen molar-refractivity contribution in [3.8, 4) is 0 Å². The monoisotopic (exact) mass is 346 g/mol. The molecule has 0 saturated carbocycles. The van der Waals surface area contributed by atoms with Crippen LogP contribution in [0.4, 0.5) is 0 Å². The Bertz CT molecular complexity index is 389. The van der Waals surface area contributed by atoms with Crippen molar-refractivity contribution >= 4 is 17.8 Å². The maximum absolute atomic E-state index is 11.6. The topological polar surface area (TPSA) is 139 Å². The second-order valence-corrected chi connectivity index (χ2v) is 5.70. The van der Waals surface area contributed by atoms with Gasteiger partial charge in [0.25, 0.3) is 0 Å². The second-order valence-electron chi connectivity index (χ2n) is 5.70. The Kier molecular flexibility index (Phi) is 12.8. The average molecular weight is 346 g/mol. The molecule has 2 atom stereocenters. The molecule has 1 amide bonds. The smallest absolute Gasteiger partial charge is 0.357 e. The molecule has 0 bridgehead atoms. The molecular formula is C16H30N2O6. The predicted molar refractivity (Wildman–Crippen MR) is 87.9 cm³/mol. The summed E-state index contributed by atoms with van der Waals surface area (Å²) in [6, 6.07) is 0. The number of carbonyl (C=O) groups excluding carboxylic acids is 2. The Morgan fingerprint density at radius 2 is 1.58 bits per heavy atom. The van der Waals surface area contributed by atoms with E-state index in [0.29, 0.717) is 6.42 Å². The molecule has 0 aliphatic carbocycles. The first kappa shape index (κ1) is 22.3. The van der Waals surface area contributed by atoms with Crippen LogP contribution in [0.1, 0.15) is 64.7 Å². The number of amides is 1. The average Bonchev–Trinajstić information content (AvgIpc) is 2.55. The lowest BCUT2D eigenvalue weighted by atomic mass is 10.1. The van der Waals surface area contributed by atoms with Crippen molar-refractivity contribution in [3.63, 3.8) is 0 Å². The number of unbranched alkanes of at least 4 members (excludes halogenated alkanes) is 7. The lowest BCUT2D eigenvalue weighted by Crippen LogP contribution is -2.45. The molecule has 0 aliphatic rings. The number of aliphatic carboxylic acids is 1. The first-order chi connectivity index (χ1) is 11.4. The summed E-state index contributed by atoms with van der Waals surface area (Å²) in [5, 5.41) is 20.4. The van der Waals surface area contributed by atoms with Crippen LogP contribution in [0.3, 0.4) is 0 Å². The molecule has 0 spiro atoms. The van der Waals surface area contributed by atoms with Gasteiger partial charge in [0.2, 0.25) is 12.1 Å². The van der Waals surface area contributed by atoms with E-state index in [4.69, 9.17) is 15.6 Å². The van der Waals surface area contributed by atoms with E-state index in [0.717, 1.165) is 19.3 Å². The highest BCUT2D eigenvalue weighted by molar-refractivity contribution is 5.85. The van der Waals surface area contributed by atoms with Crippen LogP contribution >= 0.6 is 0 Å². The highest BCUT2D eigenvalue weighted by Gasteiger charge is 2.26. The van der Waals surface area contributed by atoms with Crippen molar-refractivity contribution in [2.24, 2.45) is 5.73 Å². The van der Waals surface area contributed by atoms with Gasteiger partial charge in [-0.25, -0.2) is 9.59 Å². The molecule has 8 heteroatoms. The number of hydrogen-bond acceptors (Lipinski definition) is 6. The minimum Gasteiger partial charge on any atom is -0.479 e. The molecule has 0 radical (unpaired) electrons. The number of nitrogens with two attached hydrogens (primary N) is 1. The zero-order valence-corrected chi connectivity index (χ0v) is 14.3. The quantitative estimate of drug-likeness (QED) is 0.208. The van der Waals surface area contributed by atoms with Gasteiger partial charge in [0, 0.05) is 0 Å². The third-order valence-electron chi connectivity index (χ3n) is 3.56. The number of esters is 1. The summed E-state index contributed by atoms with van der Waals surface area (Å²) in [6.45, 7) is 1.76. The first-order valence-corrected chi connectivity index (χ1v) is 8.53. The number of rotatable bonds is 14. The number of nitrogens with one attached hydrogen (secondary N) is 1. The molecule has 2 unspecified atom stereocenters. The lowest BCUT2D eigenvalue weighted by molar-refractivity contribution is -0.172. The van der Waals surface area contributed by atoms with Crippen molar-refractivity contribution in [1.82, 2.24) is 5.32 Å². The molecule has 0 saturated heterocycles. The minimum absolute atomic E-state index is 0.174. The molecule has 0 heterocycles. The minimum atomic E-state index is -1.92. The van der Waals surface area contributed by atoms with Crippen LogP contribution < -0.4 is 11.1 Å². The highest BCUT2D eigenvalue weighted by Crippen LogP contribution is 2.12. The Morgan fingerprint density at radius 1 is 1.04 bits per heavy atom. The Hall–Kier alpha value is -1.67. The van der Waals surface area contributed by atoms with Crippen LogP contribution in [-0.4, -0.2) is 46.9 Å². The van der Waals surface area contributed by atoms with Gasteiger partial charge in [-0.1, -0.05) is 51.9 Å². The van der Waals surface area contributed by atoms with Crippen molar-refractivity contribution in [2.75, 3.05) is 6.54 Å². The lowest BCUT2D eigenvalue weighted by Gasteiger charge is -2.17. The number of aliphatic hydroxyl groups excluding tert-OH is 1. The summed E-state index contributed by atoms with van der Waals surface area (Å²) < 4.78 is 4.73. The molecule has 24 heavy (non-hydrogen) atoms. The first-order valence-electron chi connectivity index (χ1n) is 8.53. The molecule has 0 rings (SSSR count). The fraction of sp³-hybridized carbons (Fsp3) is 0.812. The third-order valence-corrected chi connectivity index (χ3v) is 3.56. The van der Waals surface area contributed by atoms with Gasteiger partial charge in [-0.05, 0) is 12.8 Å². The normalized spacial score (nSPS) is 13.1. The SMILES string of the molecule is CCCCCCCCCCC(OC(=O)C(O)NC(=O)CN)C(=O)O. The second kappa shape index (κ2) is 13.7. The largest absolute Gasteiger partial charge is 0.479 e. The van der Waals surface area contributed by atoms with E-state index in [1.165, 1.54) is 25.7 Å². The molecule has 0 aliphatic heterocycles. The van der Waals surface area contributed by atoms with Crippen molar-refractivity contribution in [1.29, 1.82) is 0 Å². The van der Waals surface area contributed by atoms with Gasteiger partial charge in [0.1, 0.15) is 0 Å². The van der Waals surface area contributed by atoms with Gasteiger partial charge in [0.05, 0.1) is 6.54 Å². The molecule has 0 aromatic rings. The Balaban J connectivity index is 4.02. The maximum atomic E-state index is 11.6. The van der Waals surface area contributed by atoms with Crippen LogP contribution in [-0.2, 0) is 19.1 Å². The van der Waals surface area contributed by atoms with E-state index in [-0.39, 0.29) is 6.42 Å². The Labute approximate surface area is 142 Å². The number of hydrogen-bond donors (Lipinski definition) is 4. The van der Waals surface area contributed by atoms with Crippen LogP contribution in [0.2, 0.25) is 0 Å². The van der Waals surface area contributed by atoms with Gasteiger partial charge in [-0.3, -0.25) is 4.79 Å². The zero-order chi connectivity index (χ0) is 18.4. The number of aliphatic hydroxyl groups is 1. The van der Waals surface area contributed by atoms with Gasteiger partial charge in [-0.2, -0.15) is 0 Å². The van der Waals surface area contributed by atoms with Gasteiger partial charge < -0.3 is 26.0 Å². The molecule has 0 fully saturated rings. The third kappa shape index (κ3) is 11.0. The summed E-state index contributed by atoms with van der Waals surface area (Å²) in [5.74, 6) is -3.22. The van der Waals surface area contributed by atoms with Crippen LogP contribution in [0, 0.1) is 0 Å². The highest BCUT2D eigenvalue weighted by atomic mass is 16.6. The van der Waals surface area contributed by atoms with Gasteiger partial charge in [-0.15, -0.1) is 0 Å². The van der Waals surface area contributed by atoms with Crippen LogP contribution in [0.5, 0.6) is 0 Å². The zero-order valence-electron chi connectivity index (χ0n) is 14.3. The van der Waals surface area contributed by atoms with E-state index < -0.39 is 36.7 Å². The number of carbonyl (C=O) groups is 3. The molecular weight excluding hydrogens is 316 g/mol. The summed E-state index contributed by atoms with van der Waals surface area (Å²) >= 11 is 0. The van der Waals surface area contributed by atoms with E-state index in [2.05, 4.69) is 6.92 Å². The summed E-state index contributed by atoms with van der Waals surface area (Å²) in [4.78, 5) is 33.6. The number of carboxylic acids is 1. The molecule has 0 aromatic carbocycles. The van der Waals surface area contributed by atoms with Crippen molar-refractivity contribution in [3.05, 3.63) is 0 Å².